The van der Waals surface area contributed by atoms with Crippen LogP contribution in [-0.4, -0.2) is 24.6 Å². The monoisotopic (exact) mass is 960 g/mol. The Balaban J connectivity index is 4.93. The maximum atomic E-state index is 2.34. The van der Waals surface area contributed by atoms with Crippen LogP contribution in [0.1, 0.15) is 400 Å². The highest BCUT2D eigenvalue weighted by atomic mass is 31.2. The van der Waals surface area contributed by atoms with Crippen LogP contribution in [-0.2, 0) is 0 Å². The predicted octanol–water partition coefficient (Wildman–Crippen LogP) is 25.7. The molecule has 0 saturated heterocycles. The van der Waals surface area contributed by atoms with Gasteiger partial charge in [0.2, 0.25) is 0 Å². The maximum absolute atomic E-state index is 2.34. The molecule has 0 amide bonds. The fraction of sp³-hybridized carbons (Fsp3) is 1.00. The average Bonchev–Trinajstić information content (AvgIpc) is 3.34. The first-order valence-corrected chi connectivity index (χ1v) is 35.6. The molecule has 0 radical (unpaired) electrons. The van der Waals surface area contributed by atoms with Crippen molar-refractivity contribution in [3.63, 3.8) is 0 Å². The van der Waals surface area contributed by atoms with E-state index in [1.165, 1.54) is 347 Å². The van der Waals surface area contributed by atoms with Crippen molar-refractivity contribution >= 4 is 7.26 Å². The van der Waals surface area contributed by atoms with Gasteiger partial charge in [-0.05, 0) is 51.4 Å². The second kappa shape index (κ2) is 60.7. The van der Waals surface area contributed by atoms with Crippen molar-refractivity contribution in [3.8, 4) is 0 Å². The molecule has 0 aromatic rings. The van der Waals surface area contributed by atoms with Gasteiger partial charge in [0.15, 0.2) is 0 Å². The summed E-state index contributed by atoms with van der Waals surface area (Å²) in [6, 6.07) is 0. The van der Waals surface area contributed by atoms with Crippen molar-refractivity contribution in [1.82, 2.24) is 0 Å². The van der Waals surface area contributed by atoms with E-state index < -0.39 is 7.26 Å². The lowest BCUT2D eigenvalue weighted by Crippen LogP contribution is -2.13. The standard InChI is InChI=1S/C66H136P/c1-5-9-13-17-21-25-29-33-37-38-42-46-50-54-58-62-66-67(63-59-55-51-47-43-39-34-30-26-22-18-14-10-6-2,64-60-56-52-48-44-40-35-31-27-23-19-15-11-7-3)65-61-57-53-49-45-41-36-32-28-24-20-16-12-8-4/h5-66H2,1-4H3/q+1. The molecule has 0 unspecified atom stereocenters. The van der Waals surface area contributed by atoms with Gasteiger partial charge in [-0.2, -0.15) is 0 Å². The van der Waals surface area contributed by atoms with Crippen molar-refractivity contribution in [2.45, 2.75) is 400 Å². The van der Waals surface area contributed by atoms with Gasteiger partial charge >= 0.3 is 0 Å². The fourth-order valence-electron chi connectivity index (χ4n) is 11.6. The van der Waals surface area contributed by atoms with E-state index in [2.05, 4.69) is 27.7 Å². The largest absolute Gasteiger partial charge is 0.0654 e. The van der Waals surface area contributed by atoms with Gasteiger partial charge in [-0.1, -0.05) is 349 Å². The lowest BCUT2D eigenvalue weighted by atomic mass is 10.0. The third kappa shape index (κ3) is 55.6. The Hall–Kier alpha value is 0.430. The molecule has 0 aromatic heterocycles. The van der Waals surface area contributed by atoms with Crippen LogP contribution in [0.5, 0.6) is 0 Å². The molecule has 0 spiro atoms. The summed E-state index contributed by atoms with van der Waals surface area (Å²) in [6.45, 7) is 9.34. The predicted molar refractivity (Wildman–Crippen MR) is 317 cm³/mol. The number of hydrogen-bond acceptors (Lipinski definition) is 0. The van der Waals surface area contributed by atoms with Gasteiger partial charge in [0.05, 0.1) is 24.6 Å². The summed E-state index contributed by atoms with van der Waals surface area (Å²) in [5, 5.41) is 0. The van der Waals surface area contributed by atoms with Crippen LogP contribution in [0.25, 0.3) is 0 Å². The molecule has 0 bridgehead atoms. The summed E-state index contributed by atoms with van der Waals surface area (Å²) in [6.07, 6.45) is 93.3. The maximum Gasteiger partial charge on any atom is 0.0594 e. The lowest BCUT2D eigenvalue weighted by molar-refractivity contribution is 0.531. The number of unbranched alkanes of at least 4 members (excludes halogenated alkanes) is 54. The van der Waals surface area contributed by atoms with Gasteiger partial charge in [0.1, 0.15) is 0 Å². The summed E-state index contributed by atoms with van der Waals surface area (Å²) in [5.74, 6) is 0. The van der Waals surface area contributed by atoms with Crippen LogP contribution in [0.4, 0.5) is 0 Å². The van der Waals surface area contributed by atoms with Crippen LogP contribution in [0, 0.1) is 0 Å². The van der Waals surface area contributed by atoms with Crippen LogP contribution >= 0.6 is 7.26 Å². The Labute approximate surface area is 430 Å². The van der Waals surface area contributed by atoms with E-state index in [1.54, 1.807) is 50.3 Å². The molecule has 0 aliphatic rings. The highest BCUT2D eigenvalue weighted by Crippen LogP contribution is 2.61. The summed E-state index contributed by atoms with van der Waals surface area (Å²) in [7, 11) is -0.838. The lowest BCUT2D eigenvalue weighted by Gasteiger charge is -2.28. The SMILES string of the molecule is CCCCCCCCCCCCCCCCCC[P+](CCCCCCCCCCCCCCCC)(CCCCCCCCCCCCCCCC)CCCCCCCCCCCCCCCC. The molecule has 0 rings (SSSR count). The molecule has 404 valence electrons. The normalized spacial score (nSPS) is 12.0. The minimum absolute atomic E-state index is 0.838. The summed E-state index contributed by atoms with van der Waals surface area (Å²) in [4.78, 5) is 0. The van der Waals surface area contributed by atoms with E-state index in [9.17, 15) is 0 Å². The number of rotatable bonds is 62. The van der Waals surface area contributed by atoms with Gasteiger partial charge in [-0.15, -0.1) is 0 Å². The molecule has 67 heavy (non-hydrogen) atoms. The molecule has 0 saturated carbocycles. The Kier molecular flexibility index (Phi) is 61.1. The fourth-order valence-corrected chi connectivity index (χ4v) is 16.5. The van der Waals surface area contributed by atoms with Gasteiger partial charge in [-0.25, -0.2) is 0 Å². The van der Waals surface area contributed by atoms with Gasteiger partial charge in [-0.3, -0.25) is 0 Å². The molecule has 0 heterocycles. The molecule has 1 heteroatoms. The van der Waals surface area contributed by atoms with Crippen molar-refractivity contribution in [2.24, 2.45) is 0 Å². The molecule has 0 aliphatic carbocycles. The van der Waals surface area contributed by atoms with Crippen LogP contribution < -0.4 is 0 Å². The number of hydrogen-bond donors (Lipinski definition) is 0. The van der Waals surface area contributed by atoms with E-state index in [0.29, 0.717) is 0 Å². The van der Waals surface area contributed by atoms with Crippen molar-refractivity contribution in [1.29, 1.82) is 0 Å². The minimum Gasteiger partial charge on any atom is -0.0654 e. The van der Waals surface area contributed by atoms with E-state index in [4.69, 9.17) is 0 Å². The van der Waals surface area contributed by atoms with E-state index in [1.807, 2.05) is 0 Å². The highest BCUT2D eigenvalue weighted by Gasteiger charge is 2.35. The molecule has 0 atom stereocenters. The Bertz CT molecular complexity index is 755. The quantitative estimate of drug-likeness (QED) is 0.0421. The second-order valence-electron chi connectivity index (χ2n) is 23.3. The third-order valence-corrected chi connectivity index (χ3v) is 21.5. The van der Waals surface area contributed by atoms with E-state index in [-0.39, 0.29) is 0 Å². The van der Waals surface area contributed by atoms with Crippen molar-refractivity contribution in [3.05, 3.63) is 0 Å². The molecule has 0 fully saturated rings. The molecular formula is C66H136P+. The minimum atomic E-state index is -0.838. The smallest absolute Gasteiger partial charge is 0.0594 e. The second-order valence-corrected chi connectivity index (χ2v) is 27.8. The Morgan fingerprint density at radius 1 is 0.119 bits per heavy atom. The Morgan fingerprint density at radius 2 is 0.209 bits per heavy atom. The summed E-state index contributed by atoms with van der Waals surface area (Å²) >= 11 is 0. The average molecular weight is 961 g/mol. The van der Waals surface area contributed by atoms with E-state index >= 15 is 0 Å². The first-order valence-electron chi connectivity index (χ1n) is 33.1. The van der Waals surface area contributed by atoms with Gasteiger partial charge in [0.25, 0.3) is 0 Å². The Morgan fingerprint density at radius 3 is 0.313 bits per heavy atom. The zero-order chi connectivity index (χ0) is 48.3. The summed E-state index contributed by atoms with van der Waals surface area (Å²) in [5.41, 5.74) is 0. The molecule has 0 aliphatic heterocycles. The van der Waals surface area contributed by atoms with Gasteiger partial charge in [0, 0.05) is 7.26 Å². The molecule has 0 nitrogen and oxygen atoms in total. The van der Waals surface area contributed by atoms with Crippen molar-refractivity contribution in [2.75, 3.05) is 24.6 Å². The van der Waals surface area contributed by atoms with E-state index in [0.717, 1.165) is 0 Å². The van der Waals surface area contributed by atoms with Crippen molar-refractivity contribution < 1.29 is 0 Å². The highest BCUT2D eigenvalue weighted by molar-refractivity contribution is 7.75. The zero-order valence-electron chi connectivity index (χ0n) is 48.3. The first kappa shape index (κ1) is 67.4. The molecular weight excluding hydrogens is 824 g/mol. The van der Waals surface area contributed by atoms with Crippen LogP contribution in [0.2, 0.25) is 0 Å². The molecule has 0 N–H and O–H groups in total. The topological polar surface area (TPSA) is 0 Å². The molecule has 0 aromatic carbocycles. The van der Waals surface area contributed by atoms with Crippen LogP contribution in [0.3, 0.4) is 0 Å². The zero-order valence-corrected chi connectivity index (χ0v) is 49.2. The summed E-state index contributed by atoms with van der Waals surface area (Å²) < 4.78 is 0. The third-order valence-electron chi connectivity index (χ3n) is 16.4. The van der Waals surface area contributed by atoms with Crippen LogP contribution in [0.15, 0.2) is 0 Å². The van der Waals surface area contributed by atoms with Gasteiger partial charge < -0.3 is 0 Å². The first-order chi connectivity index (χ1) is 33.2.